The second kappa shape index (κ2) is 10.6. The molecule has 0 bridgehead atoms. The Morgan fingerprint density at radius 1 is 0.750 bits per heavy atom. The van der Waals surface area contributed by atoms with Gasteiger partial charge >= 0.3 is 0 Å². The zero-order valence-electron chi connectivity index (χ0n) is 17.5. The zero-order chi connectivity index (χ0) is 22.7. The van der Waals surface area contributed by atoms with E-state index in [1.165, 1.54) is 26.7 Å². The van der Waals surface area contributed by atoms with E-state index in [1.807, 2.05) is 30.3 Å². The van der Waals surface area contributed by atoms with Crippen molar-refractivity contribution >= 4 is 59.6 Å². The van der Waals surface area contributed by atoms with Crippen molar-refractivity contribution in [2.24, 2.45) is 0 Å². The minimum absolute atomic E-state index is 0.224. The Kier molecular flexibility index (Phi) is 7.83. The molecule has 5 heteroatoms. The number of aliphatic hydroxyl groups is 1. The second-order valence-electron chi connectivity index (χ2n) is 8.07. The molecule has 6 rings (SSSR count). The highest BCUT2D eigenvalue weighted by molar-refractivity contribution is 9.11. The van der Waals surface area contributed by atoms with Crippen molar-refractivity contribution in [2.75, 3.05) is 0 Å². The Morgan fingerprint density at radius 2 is 1.41 bits per heavy atom. The van der Waals surface area contributed by atoms with Crippen molar-refractivity contribution in [3.63, 3.8) is 0 Å². The summed E-state index contributed by atoms with van der Waals surface area (Å²) in [5.41, 5.74) is 7.27. The van der Waals surface area contributed by atoms with E-state index in [9.17, 15) is 9.90 Å². The molecular weight excluding hydrogens is 596 g/mol. The van der Waals surface area contributed by atoms with Crippen LogP contribution in [-0.4, -0.2) is 10.9 Å². The SMILES string of the molecule is Brc1ccc2c(c1)CC=C2.O=C1CCc2cc(Br)ccc21.OC1CCc2cc(Br)ccc21. The number of ketones is 1. The first-order valence-corrected chi connectivity index (χ1v) is 13.0. The van der Waals surface area contributed by atoms with Crippen molar-refractivity contribution in [3.05, 3.63) is 107 Å². The molecule has 0 radical (unpaired) electrons. The van der Waals surface area contributed by atoms with Crippen LogP contribution in [-0.2, 0) is 19.3 Å². The van der Waals surface area contributed by atoms with Gasteiger partial charge in [-0.1, -0.05) is 78.1 Å². The van der Waals surface area contributed by atoms with Crippen LogP contribution in [0.4, 0.5) is 0 Å². The standard InChI is InChI=1S/C9H9BrO.C9H7BrO.C9H7Br/c2*10-7-2-3-8-6(5-7)1-4-9(8)11;10-9-5-4-7-2-1-3-8(7)6-9/h2-3,5,9,11H,1,4H2;2-3,5H,1,4H2;1-2,4-6H,3H2. The van der Waals surface area contributed by atoms with Gasteiger partial charge in [-0.05, 0) is 89.9 Å². The van der Waals surface area contributed by atoms with Crippen molar-refractivity contribution < 1.29 is 9.90 Å². The fourth-order valence-electron chi connectivity index (χ4n) is 4.21. The van der Waals surface area contributed by atoms with E-state index >= 15 is 0 Å². The van der Waals surface area contributed by atoms with E-state index in [0.717, 1.165) is 45.8 Å². The van der Waals surface area contributed by atoms with Crippen molar-refractivity contribution in [1.82, 2.24) is 0 Å². The number of Topliss-reactive ketones (excluding diaryl/α,β-unsaturated/α-hetero) is 1. The highest BCUT2D eigenvalue weighted by Gasteiger charge is 2.19. The van der Waals surface area contributed by atoms with Crippen LogP contribution in [0.25, 0.3) is 6.08 Å². The number of carbonyl (C=O) groups is 1. The molecule has 2 nitrogen and oxygen atoms in total. The fraction of sp³-hybridized carbons (Fsp3) is 0.222. The predicted molar refractivity (Wildman–Crippen MR) is 141 cm³/mol. The third kappa shape index (κ3) is 5.69. The first kappa shape index (κ1) is 23.6. The Morgan fingerprint density at radius 3 is 2.19 bits per heavy atom. The topological polar surface area (TPSA) is 37.3 Å². The summed E-state index contributed by atoms with van der Waals surface area (Å²) in [7, 11) is 0. The second-order valence-corrected chi connectivity index (χ2v) is 10.8. The zero-order valence-corrected chi connectivity index (χ0v) is 22.2. The molecule has 0 fully saturated rings. The number of fused-ring (bicyclic) bond motifs is 3. The summed E-state index contributed by atoms with van der Waals surface area (Å²) in [4.78, 5) is 11.2. The normalized spacial score (nSPS) is 17.0. The van der Waals surface area contributed by atoms with Gasteiger partial charge < -0.3 is 5.11 Å². The van der Waals surface area contributed by atoms with E-state index in [4.69, 9.17) is 0 Å². The molecule has 1 unspecified atom stereocenters. The lowest BCUT2D eigenvalue weighted by Crippen LogP contribution is -1.89. The summed E-state index contributed by atoms with van der Waals surface area (Å²) in [5.74, 6) is 0.285. The highest BCUT2D eigenvalue weighted by atomic mass is 79.9. The van der Waals surface area contributed by atoms with Gasteiger partial charge in [0.1, 0.15) is 0 Å². The summed E-state index contributed by atoms with van der Waals surface area (Å²) in [6.45, 7) is 0. The molecule has 3 aromatic rings. The first-order valence-electron chi connectivity index (χ1n) is 10.6. The summed E-state index contributed by atoms with van der Waals surface area (Å²) >= 11 is 10.2. The van der Waals surface area contributed by atoms with Gasteiger partial charge in [0.15, 0.2) is 5.78 Å². The summed E-state index contributed by atoms with van der Waals surface area (Å²) in [5, 5.41) is 9.46. The number of rotatable bonds is 0. The number of benzene rings is 3. The van der Waals surface area contributed by atoms with E-state index < -0.39 is 0 Å². The summed E-state index contributed by atoms with van der Waals surface area (Å²) in [6.07, 6.45) is 8.72. The number of aryl methyl sites for hydroxylation is 2. The Labute approximate surface area is 214 Å². The van der Waals surface area contributed by atoms with Gasteiger partial charge in [-0.25, -0.2) is 0 Å². The lowest BCUT2D eigenvalue weighted by atomic mass is 10.1. The van der Waals surface area contributed by atoms with Crippen LogP contribution < -0.4 is 0 Å². The van der Waals surface area contributed by atoms with Crippen LogP contribution in [0.2, 0.25) is 0 Å². The number of carbonyl (C=O) groups excluding carboxylic acids is 1. The number of aliphatic hydroxyl groups excluding tert-OH is 1. The maximum Gasteiger partial charge on any atom is 0.163 e. The maximum atomic E-state index is 11.2. The maximum absolute atomic E-state index is 11.2. The number of hydrogen-bond acceptors (Lipinski definition) is 2. The molecule has 0 aromatic heterocycles. The molecule has 0 amide bonds. The number of halogens is 3. The van der Waals surface area contributed by atoms with Gasteiger partial charge in [0.25, 0.3) is 0 Å². The Hall–Kier alpha value is -1.53. The van der Waals surface area contributed by atoms with Crippen LogP contribution in [0, 0.1) is 0 Å². The quantitative estimate of drug-likeness (QED) is 0.277. The highest BCUT2D eigenvalue weighted by Crippen LogP contribution is 2.32. The van der Waals surface area contributed by atoms with Crippen molar-refractivity contribution in [2.45, 2.75) is 38.2 Å². The molecule has 0 saturated heterocycles. The number of allylic oxidation sites excluding steroid dienone is 1. The van der Waals surface area contributed by atoms with Gasteiger partial charge in [0, 0.05) is 25.4 Å². The van der Waals surface area contributed by atoms with E-state index in [2.05, 4.69) is 84.2 Å². The Balaban J connectivity index is 0.000000115. The van der Waals surface area contributed by atoms with E-state index in [0.29, 0.717) is 6.42 Å². The van der Waals surface area contributed by atoms with Crippen molar-refractivity contribution in [3.8, 4) is 0 Å². The van der Waals surface area contributed by atoms with Gasteiger partial charge in [-0.15, -0.1) is 0 Å². The molecule has 0 saturated carbocycles. The largest absolute Gasteiger partial charge is 0.388 e. The van der Waals surface area contributed by atoms with Crippen LogP contribution in [0.1, 0.15) is 57.1 Å². The van der Waals surface area contributed by atoms with Gasteiger partial charge in [0.2, 0.25) is 0 Å². The fourth-order valence-corrected chi connectivity index (χ4v) is 5.44. The molecule has 0 aliphatic heterocycles. The first-order chi connectivity index (χ1) is 15.4. The molecule has 3 aliphatic carbocycles. The molecule has 1 N–H and O–H groups in total. The third-order valence-corrected chi connectivity index (χ3v) is 7.36. The van der Waals surface area contributed by atoms with Crippen LogP contribution in [0.3, 0.4) is 0 Å². The van der Waals surface area contributed by atoms with Crippen molar-refractivity contribution in [1.29, 1.82) is 0 Å². The smallest absolute Gasteiger partial charge is 0.163 e. The lowest BCUT2D eigenvalue weighted by molar-refractivity contribution is 0.0994. The lowest BCUT2D eigenvalue weighted by Gasteiger charge is -2.02. The molecular formula is C27H23Br3O2. The molecule has 164 valence electrons. The van der Waals surface area contributed by atoms with Crippen LogP contribution in [0.5, 0.6) is 0 Å². The van der Waals surface area contributed by atoms with Crippen LogP contribution >= 0.6 is 47.8 Å². The van der Waals surface area contributed by atoms with Gasteiger partial charge in [-0.2, -0.15) is 0 Å². The minimum Gasteiger partial charge on any atom is -0.388 e. The molecule has 3 aromatic carbocycles. The molecule has 3 aliphatic rings. The van der Waals surface area contributed by atoms with Gasteiger partial charge in [0.05, 0.1) is 6.10 Å². The minimum atomic E-state index is -0.224. The van der Waals surface area contributed by atoms with E-state index in [-0.39, 0.29) is 11.9 Å². The van der Waals surface area contributed by atoms with Crippen LogP contribution in [0.15, 0.2) is 74.1 Å². The molecule has 1 atom stereocenters. The Bertz CT molecular complexity index is 1180. The molecule has 0 spiro atoms. The predicted octanol–water partition coefficient (Wildman–Crippen LogP) is 8.03. The van der Waals surface area contributed by atoms with E-state index in [1.54, 1.807) is 0 Å². The molecule has 32 heavy (non-hydrogen) atoms. The molecule has 0 heterocycles. The monoisotopic (exact) mass is 616 g/mol. The summed E-state index contributed by atoms with van der Waals surface area (Å²) in [6, 6.07) is 18.3. The number of hydrogen-bond donors (Lipinski definition) is 1. The van der Waals surface area contributed by atoms with Gasteiger partial charge in [-0.3, -0.25) is 4.79 Å². The third-order valence-electron chi connectivity index (χ3n) is 5.88. The average molecular weight is 619 g/mol. The average Bonchev–Trinajstić information content (AvgIpc) is 3.48. The summed E-state index contributed by atoms with van der Waals surface area (Å²) < 4.78 is 3.34.